The summed E-state index contributed by atoms with van der Waals surface area (Å²) in [5.74, 6) is 0.621. The van der Waals surface area contributed by atoms with Crippen molar-refractivity contribution in [3.8, 4) is 0 Å². The SMILES string of the molecule is C=C(/C=C(\C=C/COC)/C=C/c1ccc(C)cc1)OC. The van der Waals surface area contributed by atoms with Gasteiger partial charge < -0.3 is 9.47 Å². The van der Waals surface area contributed by atoms with Crippen LogP contribution < -0.4 is 0 Å². The molecule has 2 heteroatoms. The molecule has 0 heterocycles. The van der Waals surface area contributed by atoms with Crippen LogP contribution in [0.4, 0.5) is 0 Å². The predicted molar refractivity (Wildman–Crippen MR) is 85.5 cm³/mol. The molecule has 0 atom stereocenters. The molecule has 0 saturated carbocycles. The maximum atomic E-state index is 5.08. The van der Waals surface area contributed by atoms with E-state index in [9.17, 15) is 0 Å². The second kappa shape index (κ2) is 8.94. The first-order valence-electron chi connectivity index (χ1n) is 6.50. The zero-order chi connectivity index (χ0) is 14.8. The van der Waals surface area contributed by atoms with Crippen LogP contribution in [-0.2, 0) is 9.47 Å². The predicted octanol–water partition coefficient (Wildman–Crippen LogP) is 4.30. The van der Waals surface area contributed by atoms with E-state index in [4.69, 9.17) is 9.47 Å². The third kappa shape index (κ3) is 6.21. The quantitative estimate of drug-likeness (QED) is 0.543. The Morgan fingerprint density at radius 3 is 2.45 bits per heavy atom. The third-order valence-corrected chi connectivity index (χ3v) is 2.71. The molecule has 0 amide bonds. The number of hydrogen-bond acceptors (Lipinski definition) is 2. The summed E-state index contributed by atoms with van der Waals surface area (Å²) in [4.78, 5) is 0. The third-order valence-electron chi connectivity index (χ3n) is 2.71. The molecule has 0 aromatic heterocycles. The van der Waals surface area contributed by atoms with Gasteiger partial charge in [0.1, 0.15) is 5.76 Å². The molecular weight excluding hydrogens is 248 g/mol. The molecule has 0 saturated heterocycles. The summed E-state index contributed by atoms with van der Waals surface area (Å²) in [6, 6.07) is 8.37. The lowest BCUT2D eigenvalue weighted by molar-refractivity contribution is 0.234. The first-order chi connectivity index (χ1) is 9.65. The Morgan fingerprint density at radius 2 is 1.85 bits per heavy atom. The summed E-state index contributed by atoms with van der Waals surface area (Å²) in [5.41, 5.74) is 3.42. The summed E-state index contributed by atoms with van der Waals surface area (Å²) in [7, 11) is 3.28. The first kappa shape index (κ1) is 16.0. The number of benzene rings is 1. The molecule has 0 radical (unpaired) electrons. The van der Waals surface area contributed by atoms with Gasteiger partial charge in [-0.3, -0.25) is 0 Å². The first-order valence-corrected chi connectivity index (χ1v) is 6.50. The van der Waals surface area contributed by atoms with Crippen LogP contribution in [0.5, 0.6) is 0 Å². The van der Waals surface area contributed by atoms with Crippen molar-refractivity contribution in [2.24, 2.45) is 0 Å². The van der Waals surface area contributed by atoms with Crippen LogP contribution >= 0.6 is 0 Å². The van der Waals surface area contributed by atoms with Crippen LogP contribution in [0.15, 0.2) is 66.5 Å². The number of ether oxygens (including phenoxy) is 2. The van der Waals surface area contributed by atoms with Crippen LogP contribution in [0, 0.1) is 6.92 Å². The summed E-state index contributed by atoms with van der Waals surface area (Å²) >= 11 is 0. The number of allylic oxidation sites excluding steroid dienone is 4. The van der Waals surface area contributed by atoms with E-state index in [1.54, 1.807) is 14.2 Å². The van der Waals surface area contributed by atoms with E-state index in [1.165, 1.54) is 5.56 Å². The molecule has 1 aromatic carbocycles. The molecule has 1 aromatic rings. The Kier molecular flexibility index (Phi) is 7.15. The van der Waals surface area contributed by atoms with Crippen LogP contribution in [0.25, 0.3) is 6.08 Å². The fraction of sp³-hybridized carbons (Fsp3) is 0.222. The van der Waals surface area contributed by atoms with E-state index in [0.29, 0.717) is 12.4 Å². The highest BCUT2D eigenvalue weighted by Crippen LogP contribution is 2.10. The molecular formula is C18H22O2. The summed E-state index contributed by atoms with van der Waals surface area (Å²) in [6.07, 6.45) is 9.91. The van der Waals surface area contributed by atoms with E-state index in [2.05, 4.69) is 43.8 Å². The molecule has 106 valence electrons. The minimum Gasteiger partial charge on any atom is -0.497 e. The van der Waals surface area contributed by atoms with E-state index < -0.39 is 0 Å². The maximum Gasteiger partial charge on any atom is 0.112 e. The molecule has 20 heavy (non-hydrogen) atoms. The molecule has 0 spiro atoms. The Bertz CT molecular complexity index is 505. The van der Waals surface area contributed by atoms with Crippen LogP contribution in [-0.4, -0.2) is 20.8 Å². The molecule has 0 N–H and O–H groups in total. The highest BCUT2D eigenvalue weighted by atomic mass is 16.5. The molecule has 0 aliphatic carbocycles. The second-order valence-corrected chi connectivity index (χ2v) is 4.42. The van der Waals surface area contributed by atoms with E-state index in [0.717, 1.165) is 11.1 Å². The lowest BCUT2D eigenvalue weighted by Crippen LogP contribution is -1.84. The maximum absolute atomic E-state index is 5.08. The van der Waals surface area contributed by atoms with Crippen molar-refractivity contribution >= 4 is 6.08 Å². The zero-order valence-electron chi connectivity index (χ0n) is 12.4. The van der Waals surface area contributed by atoms with Gasteiger partial charge in [-0.1, -0.05) is 60.7 Å². The van der Waals surface area contributed by atoms with Crippen molar-refractivity contribution in [2.75, 3.05) is 20.8 Å². The smallest absolute Gasteiger partial charge is 0.112 e. The largest absolute Gasteiger partial charge is 0.497 e. The molecule has 0 aliphatic heterocycles. The van der Waals surface area contributed by atoms with Gasteiger partial charge in [-0.2, -0.15) is 0 Å². The van der Waals surface area contributed by atoms with Crippen LogP contribution in [0.3, 0.4) is 0 Å². The number of methoxy groups -OCH3 is 2. The monoisotopic (exact) mass is 270 g/mol. The van der Waals surface area contributed by atoms with Crippen molar-refractivity contribution in [1.82, 2.24) is 0 Å². The summed E-state index contributed by atoms with van der Waals surface area (Å²) in [6.45, 7) is 6.47. The minimum atomic E-state index is 0.579. The van der Waals surface area contributed by atoms with Gasteiger partial charge in [-0.05, 0) is 24.1 Å². The van der Waals surface area contributed by atoms with Gasteiger partial charge in [0.25, 0.3) is 0 Å². The van der Waals surface area contributed by atoms with Gasteiger partial charge in [-0.15, -0.1) is 0 Å². The molecule has 2 nitrogen and oxygen atoms in total. The van der Waals surface area contributed by atoms with Crippen molar-refractivity contribution < 1.29 is 9.47 Å². The van der Waals surface area contributed by atoms with Gasteiger partial charge in [-0.25, -0.2) is 0 Å². The van der Waals surface area contributed by atoms with Gasteiger partial charge in [0.05, 0.1) is 13.7 Å². The van der Waals surface area contributed by atoms with Crippen LogP contribution in [0.2, 0.25) is 0 Å². The Hall–Kier alpha value is -2.06. The zero-order valence-corrected chi connectivity index (χ0v) is 12.4. The Labute approximate surface area is 121 Å². The molecule has 0 aliphatic rings. The molecule has 0 bridgehead atoms. The Morgan fingerprint density at radius 1 is 1.15 bits per heavy atom. The summed E-state index contributed by atoms with van der Waals surface area (Å²) < 4.78 is 10.1. The second-order valence-electron chi connectivity index (χ2n) is 4.42. The standard InChI is InChI=1S/C18H22O2/c1-15-7-9-17(10-8-15)11-12-18(6-5-13-19-3)14-16(2)20-4/h5-12,14H,2,13H2,1,3-4H3/b6-5-,12-11+,18-14+. The van der Waals surface area contributed by atoms with Gasteiger partial charge in [0.15, 0.2) is 0 Å². The lowest BCUT2D eigenvalue weighted by atomic mass is 10.1. The average molecular weight is 270 g/mol. The van der Waals surface area contributed by atoms with Crippen molar-refractivity contribution in [1.29, 1.82) is 0 Å². The highest BCUT2D eigenvalue weighted by Gasteiger charge is 1.92. The van der Waals surface area contributed by atoms with Crippen molar-refractivity contribution in [3.05, 3.63) is 77.6 Å². The van der Waals surface area contributed by atoms with Gasteiger partial charge >= 0.3 is 0 Å². The van der Waals surface area contributed by atoms with E-state index in [1.807, 2.05) is 24.3 Å². The van der Waals surface area contributed by atoms with Crippen molar-refractivity contribution in [3.63, 3.8) is 0 Å². The van der Waals surface area contributed by atoms with Crippen molar-refractivity contribution in [2.45, 2.75) is 6.92 Å². The summed E-state index contributed by atoms with van der Waals surface area (Å²) in [5, 5.41) is 0. The fourth-order valence-electron chi connectivity index (χ4n) is 1.55. The average Bonchev–Trinajstić information content (AvgIpc) is 2.46. The fourth-order valence-corrected chi connectivity index (χ4v) is 1.55. The number of hydrogen-bond donors (Lipinski definition) is 0. The van der Waals surface area contributed by atoms with Gasteiger partial charge in [0, 0.05) is 7.11 Å². The topological polar surface area (TPSA) is 18.5 Å². The minimum absolute atomic E-state index is 0.579. The molecule has 0 unspecified atom stereocenters. The lowest BCUT2D eigenvalue weighted by Gasteiger charge is -2.00. The Balaban J connectivity index is 2.85. The normalized spacial score (nSPS) is 12.2. The molecule has 1 rings (SSSR count). The van der Waals surface area contributed by atoms with E-state index >= 15 is 0 Å². The molecule has 0 fully saturated rings. The number of rotatable bonds is 7. The number of aryl methyl sites for hydroxylation is 1. The highest BCUT2D eigenvalue weighted by molar-refractivity contribution is 5.55. The van der Waals surface area contributed by atoms with Crippen LogP contribution in [0.1, 0.15) is 11.1 Å². The van der Waals surface area contributed by atoms with E-state index in [-0.39, 0.29) is 0 Å². The van der Waals surface area contributed by atoms with Gasteiger partial charge in [0.2, 0.25) is 0 Å².